The van der Waals surface area contributed by atoms with Crippen molar-refractivity contribution in [2.45, 2.75) is 0 Å². The molecule has 28 heavy (non-hydrogen) atoms. The number of rotatable bonds is 8. The van der Waals surface area contributed by atoms with Crippen LogP contribution in [0, 0.1) is 0 Å². The number of nitrogens with two attached hydrogens (primary N) is 1. The maximum atomic E-state index is 12.2. The van der Waals surface area contributed by atoms with E-state index in [1.807, 2.05) is 0 Å². The number of methoxy groups -OCH3 is 1. The van der Waals surface area contributed by atoms with Gasteiger partial charge in [0.25, 0.3) is 11.8 Å². The lowest BCUT2D eigenvalue weighted by Crippen LogP contribution is -3.11. The summed E-state index contributed by atoms with van der Waals surface area (Å²) in [5.41, 5.74) is 6.53. The van der Waals surface area contributed by atoms with Crippen molar-refractivity contribution in [3.05, 3.63) is 53.1 Å². The second-order valence-corrected chi connectivity index (χ2v) is 6.63. The summed E-state index contributed by atoms with van der Waals surface area (Å²) in [6, 6.07) is 11.1. The summed E-state index contributed by atoms with van der Waals surface area (Å²) < 4.78 is 5.19. The molecule has 0 aliphatic carbocycles. The number of amides is 3. The first kappa shape index (κ1) is 21.2. The third-order valence-corrected chi connectivity index (χ3v) is 4.05. The molecule has 5 N–H and O–H groups in total. The lowest BCUT2D eigenvalue weighted by atomic mass is 10.2. The molecule has 3 amide bonds. The summed E-state index contributed by atoms with van der Waals surface area (Å²) >= 11 is 5.95. The number of hydrogen-bond donors (Lipinski definition) is 4. The predicted octanol–water partition coefficient (Wildman–Crippen LogP) is 0.539. The van der Waals surface area contributed by atoms with Gasteiger partial charge in [-0.15, -0.1) is 0 Å². The average molecular weight is 406 g/mol. The number of benzene rings is 2. The molecule has 0 bridgehead atoms. The standard InChI is InChI=1S/C19H21ClN4O4/c1-24(10-17(25)22-14-6-3-12(4-7-14)19(21)27)11-18(26)23-15-9-13(20)5-8-16(15)28-2/h3-9H,10-11H2,1-2H3,(H2,21,27)(H,22,25)(H,23,26)/p+1. The van der Waals surface area contributed by atoms with Gasteiger partial charge in [0.15, 0.2) is 13.1 Å². The number of primary amides is 1. The minimum absolute atomic E-state index is 0.0731. The molecule has 0 aliphatic heterocycles. The van der Waals surface area contributed by atoms with Gasteiger partial charge in [-0.3, -0.25) is 14.4 Å². The van der Waals surface area contributed by atoms with Crippen molar-refractivity contribution >= 4 is 40.7 Å². The van der Waals surface area contributed by atoms with Crippen molar-refractivity contribution in [3.63, 3.8) is 0 Å². The van der Waals surface area contributed by atoms with Gasteiger partial charge in [-0.05, 0) is 42.5 Å². The van der Waals surface area contributed by atoms with Crippen molar-refractivity contribution in [1.29, 1.82) is 0 Å². The third kappa shape index (κ3) is 6.26. The van der Waals surface area contributed by atoms with Crippen molar-refractivity contribution < 1.29 is 24.0 Å². The van der Waals surface area contributed by atoms with Crippen molar-refractivity contribution in [1.82, 2.24) is 0 Å². The maximum absolute atomic E-state index is 12.2. The fourth-order valence-electron chi connectivity index (χ4n) is 2.51. The molecule has 0 spiro atoms. The molecule has 9 heteroatoms. The van der Waals surface area contributed by atoms with Crippen LogP contribution < -0.4 is 26.0 Å². The fraction of sp³-hybridized carbons (Fsp3) is 0.211. The Labute approximate surface area is 167 Å². The van der Waals surface area contributed by atoms with E-state index in [4.69, 9.17) is 22.1 Å². The number of likely N-dealkylation sites (N-methyl/N-ethyl adjacent to an activating group) is 1. The Kier molecular flexibility index (Phi) is 7.36. The van der Waals surface area contributed by atoms with Crippen molar-refractivity contribution in [2.24, 2.45) is 5.73 Å². The van der Waals surface area contributed by atoms with Crippen LogP contribution in [0.1, 0.15) is 10.4 Å². The molecular weight excluding hydrogens is 384 g/mol. The van der Waals surface area contributed by atoms with Gasteiger partial charge in [-0.2, -0.15) is 0 Å². The Morgan fingerprint density at radius 1 is 1.04 bits per heavy atom. The van der Waals surface area contributed by atoms with Crippen LogP contribution in [0.5, 0.6) is 5.75 Å². The van der Waals surface area contributed by atoms with Crippen LogP contribution in [0.4, 0.5) is 11.4 Å². The number of anilines is 2. The molecule has 1 atom stereocenters. The molecule has 2 aromatic carbocycles. The first-order valence-electron chi connectivity index (χ1n) is 8.43. The minimum atomic E-state index is -0.538. The highest BCUT2D eigenvalue weighted by Gasteiger charge is 2.16. The van der Waals surface area contributed by atoms with Gasteiger partial charge in [0.05, 0.1) is 19.8 Å². The summed E-state index contributed by atoms with van der Waals surface area (Å²) in [5.74, 6) is -0.592. The third-order valence-electron chi connectivity index (χ3n) is 3.81. The van der Waals surface area contributed by atoms with Crippen molar-refractivity contribution in [2.75, 3.05) is 37.9 Å². The second kappa shape index (κ2) is 9.72. The molecule has 0 fully saturated rings. The first-order chi connectivity index (χ1) is 13.3. The summed E-state index contributed by atoms with van der Waals surface area (Å²) in [7, 11) is 3.22. The van der Waals surface area contributed by atoms with Crippen LogP contribution in [-0.4, -0.2) is 45.0 Å². The van der Waals surface area contributed by atoms with Crippen LogP contribution in [-0.2, 0) is 9.59 Å². The Balaban J connectivity index is 1.86. The summed E-state index contributed by atoms with van der Waals surface area (Å²) in [6.45, 7) is 0.154. The molecule has 0 heterocycles. The topological polar surface area (TPSA) is 115 Å². The molecule has 0 radical (unpaired) electrons. The van der Waals surface area contributed by atoms with E-state index in [1.165, 1.54) is 19.2 Å². The van der Waals surface area contributed by atoms with E-state index in [0.29, 0.717) is 32.6 Å². The molecule has 2 rings (SSSR count). The zero-order valence-electron chi connectivity index (χ0n) is 15.5. The van der Waals surface area contributed by atoms with Gasteiger partial charge in [-0.25, -0.2) is 0 Å². The lowest BCUT2D eigenvalue weighted by Gasteiger charge is -2.15. The Bertz CT molecular complexity index is 871. The molecular formula is C19H22ClN4O4+. The number of quaternary nitrogens is 1. The van der Waals surface area contributed by atoms with Crippen LogP contribution in [0.3, 0.4) is 0 Å². The van der Waals surface area contributed by atoms with E-state index in [9.17, 15) is 14.4 Å². The summed E-state index contributed by atoms with van der Waals surface area (Å²) in [6.07, 6.45) is 0. The summed E-state index contributed by atoms with van der Waals surface area (Å²) in [5, 5.41) is 5.91. The second-order valence-electron chi connectivity index (χ2n) is 6.19. The number of carbonyl (C=O) groups is 3. The predicted molar refractivity (Wildman–Crippen MR) is 107 cm³/mol. The highest BCUT2D eigenvalue weighted by atomic mass is 35.5. The molecule has 8 nitrogen and oxygen atoms in total. The Hall–Kier alpha value is -3.10. The van der Waals surface area contributed by atoms with Crippen LogP contribution in [0.2, 0.25) is 5.02 Å². The molecule has 0 aliphatic rings. The average Bonchev–Trinajstić information content (AvgIpc) is 2.61. The van der Waals surface area contributed by atoms with Crippen LogP contribution >= 0.6 is 11.6 Å². The van der Waals surface area contributed by atoms with Gasteiger partial charge in [0.1, 0.15) is 5.75 Å². The van der Waals surface area contributed by atoms with E-state index in [0.717, 1.165) is 0 Å². The number of ether oxygens (including phenoxy) is 1. The number of carbonyl (C=O) groups excluding carboxylic acids is 3. The normalized spacial score (nSPS) is 11.4. The molecule has 148 valence electrons. The quantitative estimate of drug-likeness (QED) is 0.513. The molecule has 0 saturated heterocycles. The van der Waals surface area contributed by atoms with Crippen molar-refractivity contribution in [3.8, 4) is 5.75 Å². The van der Waals surface area contributed by atoms with Gasteiger partial charge >= 0.3 is 0 Å². The zero-order chi connectivity index (χ0) is 20.7. The Morgan fingerprint density at radius 3 is 2.21 bits per heavy atom. The van der Waals surface area contributed by atoms with E-state index in [2.05, 4.69) is 10.6 Å². The minimum Gasteiger partial charge on any atom is -0.495 e. The fourth-order valence-corrected chi connectivity index (χ4v) is 2.68. The number of halogens is 1. The van der Waals surface area contributed by atoms with Gasteiger partial charge in [0, 0.05) is 16.3 Å². The monoisotopic (exact) mass is 405 g/mol. The zero-order valence-corrected chi connectivity index (χ0v) is 16.3. The van der Waals surface area contributed by atoms with Gasteiger partial charge in [0.2, 0.25) is 5.91 Å². The number of hydrogen-bond acceptors (Lipinski definition) is 4. The van der Waals surface area contributed by atoms with Gasteiger partial charge in [-0.1, -0.05) is 11.6 Å². The molecule has 2 aromatic rings. The maximum Gasteiger partial charge on any atom is 0.279 e. The molecule has 0 saturated carbocycles. The van der Waals surface area contributed by atoms with E-state index in [1.54, 1.807) is 37.4 Å². The first-order valence-corrected chi connectivity index (χ1v) is 8.80. The Morgan fingerprint density at radius 2 is 1.64 bits per heavy atom. The van der Waals surface area contributed by atoms with E-state index in [-0.39, 0.29) is 24.9 Å². The highest BCUT2D eigenvalue weighted by molar-refractivity contribution is 6.31. The molecule has 1 unspecified atom stereocenters. The largest absolute Gasteiger partial charge is 0.495 e. The smallest absolute Gasteiger partial charge is 0.279 e. The molecule has 0 aromatic heterocycles. The van der Waals surface area contributed by atoms with Gasteiger partial charge < -0.3 is 26.0 Å². The summed E-state index contributed by atoms with van der Waals surface area (Å²) in [4.78, 5) is 36.1. The van der Waals surface area contributed by atoms with Crippen LogP contribution in [0.15, 0.2) is 42.5 Å². The van der Waals surface area contributed by atoms with E-state index >= 15 is 0 Å². The highest BCUT2D eigenvalue weighted by Crippen LogP contribution is 2.27. The lowest BCUT2D eigenvalue weighted by molar-refractivity contribution is -0.862. The van der Waals surface area contributed by atoms with E-state index < -0.39 is 5.91 Å². The van der Waals surface area contributed by atoms with Crippen LogP contribution in [0.25, 0.3) is 0 Å². The SMILES string of the molecule is COc1ccc(Cl)cc1NC(=O)C[NH+](C)CC(=O)Nc1ccc(C(N)=O)cc1. The number of nitrogens with one attached hydrogen (secondary N) is 3.